The van der Waals surface area contributed by atoms with E-state index < -0.39 is 0 Å². The fraction of sp³-hybridized carbons (Fsp3) is 0.556. The fourth-order valence-electron chi connectivity index (χ4n) is 1.34. The molecule has 0 saturated carbocycles. The largest absolute Gasteiger partial charge is 0.377 e. The van der Waals surface area contributed by atoms with E-state index in [1.807, 2.05) is 6.07 Å². The minimum absolute atomic E-state index is 0.107. The van der Waals surface area contributed by atoms with Gasteiger partial charge in [-0.15, -0.1) is 0 Å². The highest BCUT2D eigenvalue weighted by molar-refractivity contribution is 5.87. The zero-order chi connectivity index (χ0) is 9.68. The summed E-state index contributed by atoms with van der Waals surface area (Å²) >= 11 is 0. The molecule has 0 radical (unpaired) electrons. The topological polar surface area (TPSA) is 53.3 Å². The third-order valence-corrected chi connectivity index (χ3v) is 2.01. The van der Waals surface area contributed by atoms with Gasteiger partial charge in [-0.3, -0.25) is 4.79 Å². The molecule has 1 atom stereocenters. The maximum absolute atomic E-state index is 11.3. The molecule has 1 heterocycles. The van der Waals surface area contributed by atoms with E-state index in [4.69, 9.17) is 10.00 Å². The molecule has 0 N–H and O–H groups in total. The van der Waals surface area contributed by atoms with Crippen molar-refractivity contribution < 1.29 is 9.53 Å². The minimum Gasteiger partial charge on any atom is -0.377 e. The lowest BCUT2D eigenvalue weighted by atomic mass is 10.1. The summed E-state index contributed by atoms with van der Waals surface area (Å²) in [6.45, 7) is 4.96. The summed E-state index contributed by atoms with van der Waals surface area (Å²) in [5.41, 5.74) is 0. The lowest BCUT2D eigenvalue weighted by molar-refractivity contribution is -0.134. The first-order valence-corrected chi connectivity index (χ1v) is 4.17. The Morgan fingerprint density at radius 2 is 2.62 bits per heavy atom. The first kappa shape index (κ1) is 9.75. The normalized spacial score (nSPS) is 22.1. The first-order valence-electron chi connectivity index (χ1n) is 4.17. The highest BCUT2D eigenvalue weighted by Crippen LogP contribution is 2.10. The van der Waals surface area contributed by atoms with Crippen LogP contribution in [0.5, 0.6) is 0 Å². The molecule has 0 aromatic carbocycles. The molecule has 0 aromatic heterocycles. The van der Waals surface area contributed by atoms with Gasteiger partial charge in [0.1, 0.15) is 0 Å². The van der Waals surface area contributed by atoms with Crippen LogP contribution in [0.2, 0.25) is 0 Å². The van der Waals surface area contributed by atoms with E-state index in [-0.39, 0.29) is 11.9 Å². The number of morpholine rings is 1. The molecule has 1 amide bonds. The van der Waals surface area contributed by atoms with Crippen LogP contribution in [0.3, 0.4) is 0 Å². The Bertz CT molecular complexity index is 244. The van der Waals surface area contributed by atoms with Gasteiger partial charge in [-0.1, -0.05) is 6.58 Å². The molecular formula is C9H12N2O2. The number of nitrogens with zero attached hydrogens (tertiary/aromatic N) is 2. The smallest absolute Gasteiger partial charge is 0.246 e. The maximum Gasteiger partial charge on any atom is 0.246 e. The number of ether oxygens (including phenoxy) is 1. The summed E-state index contributed by atoms with van der Waals surface area (Å²) in [5, 5.41) is 8.52. The third kappa shape index (κ3) is 2.30. The molecule has 13 heavy (non-hydrogen) atoms. The number of hydrogen-bond acceptors (Lipinski definition) is 3. The number of rotatable bonds is 2. The predicted molar refractivity (Wildman–Crippen MR) is 46.7 cm³/mol. The van der Waals surface area contributed by atoms with Gasteiger partial charge in [-0.2, -0.15) is 5.26 Å². The Balaban J connectivity index is 2.62. The maximum atomic E-state index is 11.3. The first-order chi connectivity index (χ1) is 6.29. The monoisotopic (exact) mass is 180 g/mol. The lowest BCUT2D eigenvalue weighted by Gasteiger charge is -2.33. The highest BCUT2D eigenvalue weighted by atomic mass is 16.5. The van der Waals surface area contributed by atoms with Crippen molar-refractivity contribution in [2.45, 2.75) is 12.5 Å². The van der Waals surface area contributed by atoms with Crippen LogP contribution in [0.25, 0.3) is 0 Å². The van der Waals surface area contributed by atoms with Crippen LogP contribution in [-0.2, 0) is 9.53 Å². The molecule has 1 rings (SSSR count). The van der Waals surface area contributed by atoms with Crippen LogP contribution in [0, 0.1) is 11.3 Å². The van der Waals surface area contributed by atoms with Gasteiger partial charge in [0.2, 0.25) is 5.91 Å². The van der Waals surface area contributed by atoms with Gasteiger partial charge in [-0.05, 0) is 6.08 Å². The molecule has 70 valence electrons. The molecule has 1 saturated heterocycles. The molecule has 1 aliphatic rings. The zero-order valence-electron chi connectivity index (χ0n) is 7.40. The van der Waals surface area contributed by atoms with Crippen molar-refractivity contribution in [3.63, 3.8) is 0 Å². The molecule has 0 aromatic rings. The lowest BCUT2D eigenvalue weighted by Crippen LogP contribution is -2.47. The van der Waals surface area contributed by atoms with E-state index in [1.54, 1.807) is 4.90 Å². The van der Waals surface area contributed by atoms with Gasteiger partial charge in [0.15, 0.2) is 0 Å². The molecular weight excluding hydrogens is 168 g/mol. The molecule has 0 spiro atoms. The van der Waals surface area contributed by atoms with Crippen LogP contribution in [0.1, 0.15) is 6.42 Å². The van der Waals surface area contributed by atoms with Crippen LogP contribution in [0.15, 0.2) is 12.7 Å². The Hall–Kier alpha value is -1.34. The summed E-state index contributed by atoms with van der Waals surface area (Å²) in [7, 11) is 0. The zero-order valence-corrected chi connectivity index (χ0v) is 7.40. The Morgan fingerprint density at radius 1 is 1.85 bits per heavy atom. The van der Waals surface area contributed by atoms with E-state index in [9.17, 15) is 4.79 Å². The molecule has 0 bridgehead atoms. The van der Waals surface area contributed by atoms with Gasteiger partial charge in [0.25, 0.3) is 0 Å². The number of carbonyl (C=O) groups is 1. The Kier molecular flexibility index (Phi) is 3.47. The predicted octanol–water partition coefficient (Wildman–Crippen LogP) is 0.313. The average molecular weight is 180 g/mol. The molecule has 1 aliphatic heterocycles. The molecule has 1 fully saturated rings. The Morgan fingerprint density at radius 3 is 3.23 bits per heavy atom. The number of carbonyl (C=O) groups excluding carboxylic acids is 1. The van der Waals surface area contributed by atoms with E-state index >= 15 is 0 Å². The van der Waals surface area contributed by atoms with Crippen molar-refractivity contribution in [3.8, 4) is 6.07 Å². The van der Waals surface area contributed by atoms with E-state index in [0.29, 0.717) is 26.2 Å². The Labute approximate surface area is 77.4 Å². The van der Waals surface area contributed by atoms with Crippen LogP contribution >= 0.6 is 0 Å². The van der Waals surface area contributed by atoms with E-state index in [2.05, 4.69) is 6.58 Å². The number of amides is 1. The highest BCUT2D eigenvalue weighted by Gasteiger charge is 2.25. The standard InChI is InChI=1S/C9H12N2O2/c1-2-9(12)11-5-6-13-7-8(11)3-4-10/h2,8H,1,3,5-7H2. The van der Waals surface area contributed by atoms with Crippen LogP contribution in [-0.4, -0.2) is 36.6 Å². The second-order valence-electron chi connectivity index (χ2n) is 2.83. The molecule has 4 nitrogen and oxygen atoms in total. The van der Waals surface area contributed by atoms with Crippen molar-refractivity contribution in [1.29, 1.82) is 5.26 Å². The molecule has 0 aliphatic carbocycles. The van der Waals surface area contributed by atoms with Crippen LogP contribution in [0.4, 0.5) is 0 Å². The number of nitriles is 1. The summed E-state index contributed by atoms with van der Waals surface area (Å²) in [6, 6.07) is 1.93. The second kappa shape index (κ2) is 4.63. The number of hydrogen-bond donors (Lipinski definition) is 0. The quantitative estimate of drug-likeness (QED) is 0.575. The van der Waals surface area contributed by atoms with Gasteiger partial charge in [0.05, 0.1) is 31.7 Å². The summed E-state index contributed by atoms with van der Waals surface area (Å²) in [4.78, 5) is 12.9. The van der Waals surface area contributed by atoms with Gasteiger partial charge in [0, 0.05) is 6.54 Å². The van der Waals surface area contributed by atoms with E-state index in [0.717, 1.165) is 0 Å². The summed E-state index contributed by atoms with van der Waals surface area (Å²) < 4.78 is 5.18. The van der Waals surface area contributed by atoms with Crippen molar-refractivity contribution in [3.05, 3.63) is 12.7 Å². The van der Waals surface area contributed by atoms with Crippen molar-refractivity contribution in [2.75, 3.05) is 19.8 Å². The third-order valence-electron chi connectivity index (χ3n) is 2.01. The summed E-state index contributed by atoms with van der Waals surface area (Å²) in [6.07, 6.45) is 1.59. The van der Waals surface area contributed by atoms with E-state index in [1.165, 1.54) is 6.08 Å². The van der Waals surface area contributed by atoms with Crippen molar-refractivity contribution in [2.24, 2.45) is 0 Å². The SMILES string of the molecule is C=CC(=O)N1CCOCC1CC#N. The van der Waals surface area contributed by atoms with Crippen molar-refractivity contribution in [1.82, 2.24) is 4.90 Å². The molecule has 1 unspecified atom stereocenters. The van der Waals surface area contributed by atoms with Gasteiger partial charge < -0.3 is 9.64 Å². The fourth-order valence-corrected chi connectivity index (χ4v) is 1.34. The molecule has 4 heteroatoms. The average Bonchev–Trinajstić information content (AvgIpc) is 2.18. The minimum atomic E-state index is -0.122. The van der Waals surface area contributed by atoms with Gasteiger partial charge in [-0.25, -0.2) is 0 Å². The summed E-state index contributed by atoms with van der Waals surface area (Å²) in [5.74, 6) is -0.122. The van der Waals surface area contributed by atoms with Gasteiger partial charge >= 0.3 is 0 Å². The second-order valence-corrected chi connectivity index (χ2v) is 2.83. The van der Waals surface area contributed by atoms with Crippen molar-refractivity contribution >= 4 is 5.91 Å². The van der Waals surface area contributed by atoms with Crippen LogP contribution < -0.4 is 0 Å².